The van der Waals surface area contributed by atoms with Crippen LogP contribution in [0.3, 0.4) is 0 Å². The van der Waals surface area contributed by atoms with Gasteiger partial charge in [-0.15, -0.1) is 0 Å². The van der Waals surface area contributed by atoms with Gasteiger partial charge in [-0.05, 0) is 30.7 Å². The maximum absolute atomic E-state index is 6.04. The van der Waals surface area contributed by atoms with E-state index in [1.54, 1.807) is 0 Å². The van der Waals surface area contributed by atoms with Gasteiger partial charge in [0.05, 0.1) is 17.9 Å². The van der Waals surface area contributed by atoms with E-state index in [4.69, 9.17) is 4.74 Å². The molecule has 5 rings (SSSR count). The predicted molar refractivity (Wildman–Crippen MR) is 100 cm³/mol. The molecular formula is C22H20N2O. The van der Waals surface area contributed by atoms with Gasteiger partial charge in [-0.2, -0.15) is 0 Å². The molecule has 2 atom stereocenters. The minimum atomic E-state index is 0.0859. The molecule has 1 saturated heterocycles. The summed E-state index contributed by atoms with van der Waals surface area (Å²) in [5.74, 6) is 0. The molecule has 25 heavy (non-hydrogen) atoms. The average Bonchev–Trinajstić information content (AvgIpc) is 3.45. The molecule has 124 valence electrons. The van der Waals surface area contributed by atoms with Gasteiger partial charge in [-0.1, -0.05) is 66.2 Å². The Bertz CT molecular complexity index is 891. The van der Waals surface area contributed by atoms with Gasteiger partial charge in [-0.25, -0.2) is 0 Å². The van der Waals surface area contributed by atoms with Gasteiger partial charge in [-0.3, -0.25) is 10.0 Å². The molecule has 0 amide bonds. The summed E-state index contributed by atoms with van der Waals surface area (Å²) in [6.07, 6.45) is 0.258. The molecule has 3 aromatic rings. The van der Waals surface area contributed by atoms with Crippen LogP contribution in [-0.2, 0) is 11.3 Å². The van der Waals surface area contributed by atoms with Crippen LogP contribution in [0.4, 0.5) is 11.4 Å². The van der Waals surface area contributed by atoms with Crippen molar-refractivity contribution in [2.45, 2.75) is 25.8 Å². The topological polar surface area (TPSA) is 19.0 Å². The first-order valence-corrected chi connectivity index (χ1v) is 8.73. The number of hydrazine groups is 1. The van der Waals surface area contributed by atoms with Gasteiger partial charge in [0.2, 0.25) is 0 Å². The van der Waals surface area contributed by atoms with Crippen molar-refractivity contribution in [2.24, 2.45) is 0 Å². The second-order valence-corrected chi connectivity index (χ2v) is 6.73. The van der Waals surface area contributed by atoms with E-state index in [9.17, 15) is 0 Å². The van der Waals surface area contributed by atoms with Crippen LogP contribution >= 0.6 is 0 Å². The van der Waals surface area contributed by atoms with Crippen molar-refractivity contribution in [3.8, 4) is 0 Å². The van der Waals surface area contributed by atoms with E-state index in [1.165, 1.54) is 22.4 Å². The highest BCUT2D eigenvalue weighted by Crippen LogP contribution is 2.51. The Labute approximate surface area is 148 Å². The molecule has 0 spiro atoms. The van der Waals surface area contributed by atoms with Crippen LogP contribution in [-0.4, -0.2) is 6.23 Å². The highest BCUT2D eigenvalue weighted by molar-refractivity contribution is 5.67. The number of nitrogens with zero attached hydrogens (tertiary/aromatic N) is 2. The van der Waals surface area contributed by atoms with Crippen LogP contribution in [0.25, 0.3) is 0 Å². The lowest BCUT2D eigenvalue weighted by Gasteiger charge is -2.40. The van der Waals surface area contributed by atoms with Crippen LogP contribution in [0.1, 0.15) is 22.8 Å². The summed E-state index contributed by atoms with van der Waals surface area (Å²) in [5, 5.41) is 4.65. The van der Waals surface area contributed by atoms with Crippen LogP contribution in [0.15, 0.2) is 78.9 Å². The van der Waals surface area contributed by atoms with Crippen molar-refractivity contribution in [1.29, 1.82) is 0 Å². The van der Waals surface area contributed by atoms with Crippen LogP contribution in [0, 0.1) is 6.92 Å². The van der Waals surface area contributed by atoms with Gasteiger partial charge in [0.1, 0.15) is 6.10 Å². The summed E-state index contributed by atoms with van der Waals surface area (Å²) in [7, 11) is 0. The second kappa shape index (κ2) is 5.64. The summed E-state index contributed by atoms with van der Waals surface area (Å²) >= 11 is 0. The maximum Gasteiger partial charge on any atom is 0.180 e. The largest absolute Gasteiger partial charge is 0.341 e. The predicted octanol–water partition coefficient (Wildman–Crippen LogP) is 4.83. The molecule has 2 unspecified atom stereocenters. The average molecular weight is 328 g/mol. The van der Waals surface area contributed by atoms with Crippen molar-refractivity contribution in [1.82, 2.24) is 0 Å². The Morgan fingerprint density at radius 1 is 0.840 bits per heavy atom. The molecule has 0 saturated carbocycles. The number of rotatable bonds is 3. The fourth-order valence-electron chi connectivity index (χ4n) is 3.63. The van der Waals surface area contributed by atoms with Crippen molar-refractivity contribution >= 4 is 11.4 Å². The van der Waals surface area contributed by atoms with Crippen LogP contribution < -0.4 is 10.0 Å². The lowest BCUT2D eigenvalue weighted by atomic mass is 10.0. The van der Waals surface area contributed by atoms with Gasteiger partial charge >= 0.3 is 0 Å². The fraction of sp³-hybridized carbons (Fsp3) is 0.182. The minimum absolute atomic E-state index is 0.0859. The first-order valence-electron chi connectivity index (χ1n) is 8.73. The number of hydrogen-bond acceptors (Lipinski definition) is 3. The van der Waals surface area contributed by atoms with Gasteiger partial charge in [0.25, 0.3) is 0 Å². The molecule has 3 aromatic carbocycles. The van der Waals surface area contributed by atoms with E-state index in [0.717, 1.165) is 12.2 Å². The Kier molecular flexibility index (Phi) is 3.28. The monoisotopic (exact) mass is 328 g/mol. The third-order valence-electron chi connectivity index (χ3n) is 4.96. The molecule has 0 aliphatic carbocycles. The van der Waals surface area contributed by atoms with Crippen molar-refractivity contribution < 1.29 is 4.74 Å². The van der Waals surface area contributed by atoms with Crippen LogP contribution in [0.2, 0.25) is 0 Å². The number of epoxide rings is 1. The highest BCUT2D eigenvalue weighted by atomic mass is 16.6. The summed E-state index contributed by atoms with van der Waals surface area (Å²) in [6, 6.07) is 27.9. The summed E-state index contributed by atoms with van der Waals surface area (Å²) in [5.41, 5.74) is 6.25. The molecule has 3 heteroatoms. The first-order chi connectivity index (χ1) is 12.3. The molecule has 0 N–H and O–H groups in total. The van der Waals surface area contributed by atoms with Gasteiger partial charge < -0.3 is 4.74 Å². The zero-order valence-electron chi connectivity index (χ0n) is 14.2. The Morgan fingerprint density at radius 3 is 2.36 bits per heavy atom. The zero-order chi connectivity index (χ0) is 16.8. The van der Waals surface area contributed by atoms with Gasteiger partial charge in [0, 0.05) is 5.56 Å². The normalized spacial score (nSPS) is 20.8. The SMILES string of the molecule is Cc1ccc(CN2c3ccccc3C3OC3N2c2ccccc2)cc1. The third kappa shape index (κ3) is 2.48. The first kappa shape index (κ1) is 14.6. The molecule has 3 nitrogen and oxygen atoms in total. The number of benzene rings is 3. The number of aryl methyl sites for hydroxylation is 1. The Balaban J connectivity index is 1.59. The van der Waals surface area contributed by atoms with E-state index >= 15 is 0 Å². The molecule has 0 aromatic heterocycles. The standard InChI is InChI=1S/C22H20N2O/c1-16-11-13-17(14-12-16)15-23-20-10-6-5-9-19(20)21-22(25-21)24(23)18-7-3-2-4-8-18/h2-14,21-22H,15H2,1H3. The molecule has 2 aliphatic heterocycles. The smallest absolute Gasteiger partial charge is 0.180 e. The highest BCUT2D eigenvalue weighted by Gasteiger charge is 2.52. The van der Waals surface area contributed by atoms with Crippen LogP contribution in [0.5, 0.6) is 0 Å². The Hall–Kier alpha value is -2.78. The number of fused-ring (bicyclic) bond motifs is 3. The summed E-state index contributed by atoms with van der Waals surface area (Å²) < 4.78 is 6.04. The summed E-state index contributed by atoms with van der Waals surface area (Å²) in [4.78, 5) is 0. The molecule has 0 radical (unpaired) electrons. The van der Waals surface area contributed by atoms with E-state index in [1.807, 2.05) is 0 Å². The number of para-hydroxylation sites is 2. The molecule has 2 aliphatic rings. The quantitative estimate of drug-likeness (QED) is 0.642. The molecule has 1 fully saturated rings. The lowest BCUT2D eigenvalue weighted by Crippen LogP contribution is -2.47. The molecule has 0 bridgehead atoms. The number of hydrogen-bond donors (Lipinski definition) is 0. The fourth-order valence-corrected chi connectivity index (χ4v) is 3.63. The third-order valence-corrected chi connectivity index (χ3v) is 4.96. The van der Waals surface area contributed by atoms with Crippen molar-refractivity contribution in [3.05, 3.63) is 95.6 Å². The van der Waals surface area contributed by atoms with E-state index in [-0.39, 0.29) is 12.3 Å². The number of ether oxygens (including phenoxy) is 1. The number of anilines is 2. The summed E-state index contributed by atoms with van der Waals surface area (Å²) in [6.45, 7) is 2.94. The van der Waals surface area contributed by atoms with Crippen molar-refractivity contribution in [3.63, 3.8) is 0 Å². The van der Waals surface area contributed by atoms with E-state index < -0.39 is 0 Å². The maximum atomic E-state index is 6.04. The second-order valence-electron chi connectivity index (χ2n) is 6.73. The van der Waals surface area contributed by atoms with E-state index in [2.05, 4.69) is 95.8 Å². The minimum Gasteiger partial charge on any atom is -0.341 e. The zero-order valence-corrected chi connectivity index (χ0v) is 14.2. The van der Waals surface area contributed by atoms with Gasteiger partial charge in [0.15, 0.2) is 6.23 Å². The molecule has 2 heterocycles. The van der Waals surface area contributed by atoms with Crippen molar-refractivity contribution in [2.75, 3.05) is 10.0 Å². The lowest BCUT2D eigenvalue weighted by molar-refractivity contribution is 0.370. The van der Waals surface area contributed by atoms with E-state index in [0.29, 0.717) is 0 Å². The molecular weight excluding hydrogens is 308 g/mol. The Morgan fingerprint density at radius 2 is 1.56 bits per heavy atom.